The van der Waals surface area contributed by atoms with Crippen LogP contribution in [0.2, 0.25) is 0 Å². The van der Waals surface area contributed by atoms with E-state index in [1.54, 1.807) is 10.5 Å². The van der Waals surface area contributed by atoms with Crippen molar-refractivity contribution in [2.75, 3.05) is 5.73 Å². The number of carbonyl (C=O) groups excluding carboxylic acids is 1. The Hall–Kier alpha value is -2.04. The molecule has 5 nitrogen and oxygen atoms in total. The lowest BCUT2D eigenvalue weighted by molar-refractivity contribution is 0.0997. The molecule has 2 rings (SSSR count). The molecule has 14 heavy (non-hydrogen) atoms. The fourth-order valence-corrected chi connectivity index (χ4v) is 1.46. The van der Waals surface area contributed by atoms with E-state index in [-0.39, 0.29) is 5.69 Å². The van der Waals surface area contributed by atoms with Crippen molar-refractivity contribution in [2.24, 2.45) is 5.73 Å². The molecule has 0 atom stereocenters. The maximum absolute atomic E-state index is 11.0. The molecule has 1 amide bonds. The third-order valence-corrected chi connectivity index (χ3v) is 2.11. The van der Waals surface area contributed by atoms with Crippen molar-refractivity contribution < 1.29 is 4.79 Å². The fraction of sp³-hybridized carbons (Fsp3) is 0.111. The molecule has 0 radical (unpaired) electrons. The number of amides is 1. The minimum atomic E-state index is -0.606. The average molecular weight is 190 g/mol. The summed E-state index contributed by atoms with van der Waals surface area (Å²) in [4.78, 5) is 15.0. The van der Waals surface area contributed by atoms with E-state index in [0.29, 0.717) is 11.5 Å². The molecule has 0 saturated carbocycles. The number of nitrogens with zero attached hydrogens (tertiary/aromatic N) is 2. The summed E-state index contributed by atoms with van der Waals surface area (Å²) in [7, 11) is 0. The minimum Gasteiger partial charge on any atom is -0.383 e. The number of anilines is 1. The van der Waals surface area contributed by atoms with Crippen LogP contribution < -0.4 is 11.5 Å². The summed E-state index contributed by atoms with van der Waals surface area (Å²) in [5.41, 5.74) is 12.6. The predicted molar refractivity (Wildman–Crippen MR) is 52.9 cm³/mol. The Morgan fingerprint density at radius 3 is 2.79 bits per heavy atom. The number of hydrogen-bond donors (Lipinski definition) is 2. The SMILES string of the molecule is Cc1cccc2nc(C(N)=O)c(N)n12. The Kier molecular flexibility index (Phi) is 1.67. The second kappa shape index (κ2) is 2.73. The third kappa shape index (κ3) is 1.02. The number of hydrogen-bond acceptors (Lipinski definition) is 3. The predicted octanol–water partition coefficient (Wildman–Crippen LogP) is 0.324. The van der Waals surface area contributed by atoms with Gasteiger partial charge < -0.3 is 11.5 Å². The lowest BCUT2D eigenvalue weighted by Gasteiger charge is -2.00. The van der Waals surface area contributed by atoms with Gasteiger partial charge >= 0.3 is 0 Å². The Labute approximate surface area is 80.3 Å². The van der Waals surface area contributed by atoms with Gasteiger partial charge in [-0.05, 0) is 19.1 Å². The zero-order chi connectivity index (χ0) is 10.3. The van der Waals surface area contributed by atoms with Crippen LogP contribution >= 0.6 is 0 Å². The molecular weight excluding hydrogens is 180 g/mol. The third-order valence-electron chi connectivity index (χ3n) is 2.11. The molecule has 0 aromatic carbocycles. The van der Waals surface area contributed by atoms with Crippen molar-refractivity contribution in [1.82, 2.24) is 9.38 Å². The van der Waals surface area contributed by atoms with Gasteiger partial charge in [0.05, 0.1) is 0 Å². The molecule has 0 bridgehead atoms. The van der Waals surface area contributed by atoms with Gasteiger partial charge in [0.1, 0.15) is 11.5 Å². The maximum atomic E-state index is 11.0. The van der Waals surface area contributed by atoms with Gasteiger partial charge in [-0.2, -0.15) is 0 Å². The monoisotopic (exact) mass is 190 g/mol. The molecule has 0 spiro atoms. The molecular formula is C9H10N4O. The molecule has 2 aromatic heterocycles. The van der Waals surface area contributed by atoms with E-state index in [1.807, 2.05) is 19.1 Å². The zero-order valence-corrected chi connectivity index (χ0v) is 7.69. The normalized spacial score (nSPS) is 10.6. The van der Waals surface area contributed by atoms with Crippen molar-refractivity contribution in [2.45, 2.75) is 6.92 Å². The van der Waals surface area contributed by atoms with Crippen LogP contribution in [0.25, 0.3) is 5.65 Å². The molecule has 0 fully saturated rings. The number of aromatic nitrogens is 2. The number of imidazole rings is 1. The van der Waals surface area contributed by atoms with E-state index in [1.165, 1.54) is 0 Å². The molecule has 5 heteroatoms. The quantitative estimate of drug-likeness (QED) is 0.679. The van der Waals surface area contributed by atoms with Gasteiger partial charge in [-0.25, -0.2) is 4.98 Å². The first-order valence-corrected chi connectivity index (χ1v) is 4.14. The number of nitrogens with two attached hydrogens (primary N) is 2. The van der Waals surface area contributed by atoms with Gasteiger partial charge in [-0.15, -0.1) is 0 Å². The Balaban J connectivity index is 2.87. The van der Waals surface area contributed by atoms with Crippen LogP contribution in [0.4, 0.5) is 5.82 Å². The highest BCUT2D eigenvalue weighted by Crippen LogP contribution is 2.16. The average Bonchev–Trinajstić information content (AvgIpc) is 2.45. The summed E-state index contributed by atoms with van der Waals surface area (Å²) >= 11 is 0. The van der Waals surface area contributed by atoms with E-state index in [2.05, 4.69) is 4.98 Å². The van der Waals surface area contributed by atoms with Crippen molar-refractivity contribution in [3.05, 3.63) is 29.6 Å². The van der Waals surface area contributed by atoms with Gasteiger partial charge in [0, 0.05) is 5.69 Å². The molecule has 2 aromatic rings. The lowest BCUT2D eigenvalue weighted by Crippen LogP contribution is -2.13. The van der Waals surface area contributed by atoms with E-state index < -0.39 is 5.91 Å². The largest absolute Gasteiger partial charge is 0.383 e. The molecule has 0 aliphatic rings. The summed E-state index contributed by atoms with van der Waals surface area (Å²) < 4.78 is 1.69. The van der Waals surface area contributed by atoms with Crippen LogP contribution in [0.15, 0.2) is 18.2 Å². The van der Waals surface area contributed by atoms with Gasteiger partial charge in [0.15, 0.2) is 5.69 Å². The standard InChI is InChI=1S/C9H10N4O/c1-5-3-2-4-6-12-7(9(11)14)8(10)13(5)6/h2-4H,10H2,1H3,(H2,11,14). The molecule has 0 aliphatic carbocycles. The lowest BCUT2D eigenvalue weighted by atomic mass is 10.3. The smallest absolute Gasteiger partial charge is 0.271 e. The number of pyridine rings is 1. The van der Waals surface area contributed by atoms with E-state index >= 15 is 0 Å². The zero-order valence-electron chi connectivity index (χ0n) is 7.69. The first-order chi connectivity index (χ1) is 6.61. The number of aryl methyl sites for hydroxylation is 1. The van der Waals surface area contributed by atoms with E-state index in [0.717, 1.165) is 5.69 Å². The van der Waals surface area contributed by atoms with Gasteiger partial charge in [-0.1, -0.05) is 6.07 Å². The van der Waals surface area contributed by atoms with E-state index in [9.17, 15) is 4.79 Å². The molecule has 4 N–H and O–H groups in total. The van der Waals surface area contributed by atoms with Crippen LogP contribution in [-0.2, 0) is 0 Å². The molecule has 0 aliphatic heterocycles. The number of nitrogen functional groups attached to an aromatic ring is 1. The number of primary amides is 1. The van der Waals surface area contributed by atoms with Crippen LogP contribution in [-0.4, -0.2) is 15.3 Å². The molecule has 0 unspecified atom stereocenters. The van der Waals surface area contributed by atoms with Crippen molar-refractivity contribution in [3.8, 4) is 0 Å². The number of carbonyl (C=O) groups is 1. The maximum Gasteiger partial charge on any atom is 0.271 e. The second-order valence-corrected chi connectivity index (χ2v) is 3.07. The highest BCUT2D eigenvalue weighted by atomic mass is 16.1. The summed E-state index contributed by atoms with van der Waals surface area (Å²) in [6.07, 6.45) is 0. The Bertz CT molecular complexity index is 515. The number of fused-ring (bicyclic) bond motifs is 1. The van der Waals surface area contributed by atoms with Crippen LogP contribution in [0.1, 0.15) is 16.2 Å². The Morgan fingerprint density at radius 2 is 2.21 bits per heavy atom. The number of rotatable bonds is 1. The molecule has 2 heterocycles. The van der Waals surface area contributed by atoms with Crippen LogP contribution in [0.3, 0.4) is 0 Å². The minimum absolute atomic E-state index is 0.124. The molecule has 72 valence electrons. The van der Waals surface area contributed by atoms with Crippen LogP contribution in [0, 0.1) is 6.92 Å². The summed E-state index contributed by atoms with van der Waals surface area (Å²) in [6.45, 7) is 1.88. The summed E-state index contributed by atoms with van der Waals surface area (Å²) in [6, 6.07) is 5.51. The highest BCUT2D eigenvalue weighted by Gasteiger charge is 2.14. The summed E-state index contributed by atoms with van der Waals surface area (Å²) in [5, 5.41) is 0. The van der Waals surface area contributed by atoms with Crippen molar-refractivity contribution in [3.63, 3.8) is 0 Å². The summed E-state index contributed by atoms with van der Waals surface area (Å²) in [5.74, 6) is -0.309. The molecule has 0 saturated heterocycles. The first kappa shape index (κ1) is 8.55. The second-order valence-electron chi connectivity index (χ2n) is 3.07. The Morgan fingerprint density at radius 1 is 1.50 bits per heavy atom. The van der Waals surface area contributed by atoms with Crippen LogP contribution in [0.5, 0.6) is 0 Å². The van der Waals surface area contributed by atoms with Gasteiger partial charge in [-0.3, -0.25) is 9.20 Å². The van der Waals surface area contributed by atoms with E-state index in [4.69, 9.17) is 11.5 Å². The van der Waals surface area contributed by atoms with Gasteiger partial charge in [0.25, 0.3) is 5.91 Å². The van der Waals surface area contributed by atoms with Crippen molar-refractivity contribution in [1.29, 1.82) is 0 Å². The topological polar surface area (TPSA) is 86.4 Å². The van der Waals surface area contributed by atoms with Crippen molar-refractivity contribution >= 4 is 17.4 Å². The fourth-order valence-electron chi connectivity index (χ4n) is 1.46. The first-order valence-electron chi connectivity index (χ1n) is 4.14. The van der Waals surface area contributed by atoms with Gasteiger partial charge in [0.2, 0.25) is 0 Å². The highest BCUT2D eigenvalue weighted by molar-refractivity contribution is 5.96.